The number of rotatable bonds is 4. The summed E-state index contributed by atoms with van der Waals surface area (Å²) < 4.78 is 57.1. The van der Waals surface area contributed by atoms with E-state index in [1.165, 1.54) is 36.4 Å². The summed E-state index contributed by atoms with van der Waals surface area (Å²) in [6.45, 7) is 1.86. The molecule has 0 spiro atoms. The highest BCUT2D eigenvalue weighted by molar-refractivity contribution is 7.87. The molecule has 0 aromatic heterocycles. The van der Waals surface area contributed by atoms with Gasteiger partial charge in [-0.05, 0) is 12.1 Å². The maximum absolute atomic E-state index is 12.1. The molecular weight excluding hydrogens is 360 g/mol. The smallest absolute Gasteiger partial charge is 0.342 e. The fourth-order valence-electron chi connectivity index (χ4n) is 2.09. The molecule has 0 unspecified atom stereocenters. The molecule has 0 saturated heterocycles. The van der Waals surface area contributed by atoms with Gasteiger partial charge in [0, 0.05) is 24.6 Å². The van der Waals surface area contributed by atoms with Gasteiger partial charge in [-0.3, -0.25) is 9.59 Å². The van der Waals surface area contributed by atoms with Crippen LogP contribution in [-0.2, 0) is 38.2 Å². The normalized spacial score (nSPS) is 11.9. The molecule has 0 atom stereocenters. The van der Waals surface area contributed by atoms with Gasteiger partial charge in [0.1, 0.15) is 9.79 Å². The second-order valence-electron chi connectivity index (χ2n) is 4.67. The summed E-state index contributed by atoms with van der Waals surface area (Å²) in [6, 6.07) is 7.60. The molecule has 0 heterocycles. The molecule has 0 N–H and O–H groups in total. The first-order valence-corrected chi connectivity index (χ1v) is 9.28. The largest absolute Gasteiger partial charge is 0.343 e. The van der Waals surface area contributed by atoms with Crippen LogP contribution in [-0.4, -0.2) is 28.8 Å². The van der Waals surface area contributed by atoms with Crippen molar-refractivity contribution in [2.45, 2.75) is 23.6 Å². The van der Waals surface area contributed by atoms with Gasteiger partial charge in [-0.25, -0.2) is 0 Å². The van der Waals surface area contributed by atoms with Crippen LogP contribution in [0, 0.1) is 0 Å². The molecule has 0 aliphatic rings. The molecule has 0 radical (unpaired) electrons. The van der Waals surface area contributed by atoms with E-state index in [2.05, 4.69) is 8.37 Å². The topological polar surface area (TPSA) is 121 Å². The van der Waals surface area contributed by atoms with Crippen LogP contribution in [0.5, 0.6) is 0 Å². The van der Waals surface area contributed by atoms with Gasteiger partial charge in [0.25, 0.3) is 0 Å². The van der Waals surface area contributed by atoms with Crippen molar-refractivity contribution in [3.8, 4) is 0 Å². The van der Waals surface area contributed by atoms with Crippen LogP contribution < -0.4 is 0 Å². The standard InChI is InChI=1S/C14H12O8S2/c1-9(15)21-23(17,18)13-7-3-6-12-11(13)5-4-8-14(12)24(19,20)22-10(2)16/h3-8H,1-2H3. The Balaban J connectivity index is 2.77. The predicted molar refractivity (Wildman–Crippen MR) is 81.9 cm³/mol. The Morgan fingerprint density at radius 1 is 0.708 bits per heavy atom. The van der Waals surface area contributed by atoms with E-state index in [9.17, 15) is 26.4 Å². The molecule has 0 saturated carbocycles. The maximum atomic E-state index is 12.1. The quantitative estimate of drug-likeness (QED) is 0.737. The third-order valence-corrected chi connectivity index (χ3v) is 5.53. The first-order valence-electron chi connectivity index (χ1n) is 6.46. The van der Waals surface area contributed by atoms with Gasteiger partial charge in [0.15, 0.2) is 0 Å². The number of fused-ring (bicyclic) bond motifs is 1. The Labute approximate surface area is 138 Å². The Morgan fingerprint density at radius 3 is 1.33 bits per heavy atom. The van der Waals surface area contributed by atoms with Crippen molar-refractivity contribution in [1.29, 1.82) is 0 Å². The van der Waals surface area contributed by atoms with Crippen LogP contribution in [0.15, 0.2) is 46.2 Å². The number of hydrogen-bond acceptors (Lipinski definition) is 8. The first-order chi connectivity index (χ1) is 11.0. The fraction of sp³-hybridized carbons (Fsp3) is 0.143. The van der Waals surface area contributed by atoms with Crippen LogP contribution in [0.3, 0.4) is 0 Å². The molecule has 10 heteroatoms. The third-order valence-electron chi connectivity index (χ3n) is 2.83. The second kappa shape index (κ2) is 6.21. The van der Waals surface area contributed by atoms with Crippen LogP contribution >= 0.6 is 0 Å². The number of hydrogen-bond donors (Lipinski definition) is 0. The van der Waals surface area contributed by atoms with Gasteiger partial charge in [0.2, 0.25) is 0 Å². The van der Waals surface area contributed by atoms with Gasteiger partial charge < -0.3 is 8.37 Å². The maximum Gasteiger partial charge on any atom is 0.342 e. The van der Waals surface area contributed by atoms with E-state index in [0.717, 1.165) is 13.8 Å². The molecule has 8 nitrogen and oxygen atoms in total. The molecule has 2 aromatic rings. The zero-order chi connectivity index (χ0) is 18.1. The molecule has 2 aromatic carbocycles. The lowest BCUT2D eigenvalue weighted by molar-refractivity contribution is -0.132. The highest BCUT2D eigenvalue weighted by atomic mass is 32.2. The second-order valence-corrected chi connectivity index (χ2v) is 7.69. The minimum Gasteiger partial charge on any atom is -0.343 e. The summed E-state index contributed by atoms with van der Waals surface area (Å²) in [6.07, 6.45) is 0. The van der Waals surface area contributed by atoms with Crippen molar-refractivity contribution >= 4 is 42.9 Å². The van der Waals surface area contributed by atoms with Crippen molar-refractivity contribution in [1.82, 2.24) is 0 Å². The van der Waals surface area contributed by atoms with E-state index < -0.39 is 32.2 Å². The summed E-state index contributed by atoms with van der Waals surface area (Å²) in [5.41, 5.74) is 0. The SMILES string of the molecule is CC(=O)OS(=O)(=O)c1cccc2c(S(=O)(=O)OC(C)=O)cccc12. The van der Waals surface area contributed by atoms with E-state index >= 15 is 0 Å². The zero-order valence-corrected chi connectivity index (χ0v) is 14.2. The van der Waals surface area contributed by atoms with Crippen molar-refractivity contribution in [2.75, 3.05) is 0 Å². The third kappa shape index (κ3) is 3.54. The van der Waals surface area contributed by atoms with E-state index in [1.54, 1.807) is 0 Å². The average Bonchev–Trinajstić information content (AvgIpc) is 2.43. The van der Waals surface area contributed by atoms with E-state index in [1.807, 2.05) is 0 Å². The number of carbonyl (C=O) groups excluding carboxylic acids is 2. The number of carbonyl (C=O) groups is 2. The minimum atomic E-state index is -4.42. The summed E-state index contributed by atoms with van der Waals surface area (Å²) in [5, 5.41) is 0.0129. The summed E-state index contributed by atoms with van der Waals surface area (Å²) >= 11 is 0. The van der Waals surface area contributed by atoms with Crippen LogP contribution in [0.4, 0.5) is 0 Å². The highest BCUT2D eigenvalue weighted by Gasteiger charge is 2.25. The lowest BCUT2D eigenvalue weighted by atomic mass is 10.1. The molecule has 0 amide bonds. The Bertz CT molecular complexity index is 950. The molecule has 2 rings (SSSR count). The van der Waals surface area contributed by atoms with Crippen molar-refractivity contribution in [3.63, 3.8) is 0 Å². The summed E-state index contributed by atoms with van der Waals surface area (Å²) in [5.74, 6) is -2.06. The van der Waals surface area contributed by atoms with E-state index in [4.69, 9.17) is 0 Å². The first kappa shape index (κ1) is 17.9. The van der Waals surface area contributed by atoms with Gasteiger partial charge in [0.05, 0.1) is 0 Å². The van der Waals surface area contributed by atoms with E-state index in [0.29, 0.717) is 0 Å². The van der Waals surface area contributed by atoms with Crippen LogP contribution in [0.25, 0.3) is 10.8 Å². The molecule has 0 bridgehead atoms. The molecule has 128 valence electrons. The van der Waals surface area contributed by atoms with Crippen molar-refractivity contribution < 1.29 is 34.8 Å². The van der Waals surface area contributed by atoms with E-state index in [-0.39, 0.29) is 20.6 Å². The average molecular weight is 372 g/mol. The zero-order valence-electron chi connectivity index (χ0n) is 12.5. The number of benzene rings is 2. The van der Waals surface area contributed by atoms with Crippen LogP contribution in [0.1, 0.15) is 13.8 Å². The Morgan fingerprint density at radius 2 is 1.04 bits per heavy atom. The monoisotopic (exact) mass is 372 g/mol. The fourth-order valence-corrected chi connectivity index (χ4v) is 4.27. The molecule has 0 fully saturated rings. The predicted octanol–water partition coefficient (Wildman–Crippen LogP) is 1.34. The summed E-state index contributed by atoms with van der Waals surface area (Å²) in [7, 11) is -8.85. The molecular formula is C14H12O8S2. The van der Waals surface area contributed by atoms with Gasteiger partial charge in [-0.1, -0.05) is 24.3 Å². The molecule has 24 heavy (non-hydrogen) atoms. The summed E-state index contributed by atoms with van der Waals surface area (Å²) in [4.78, 5) is 21.2. The molecule has 0 aliphatic carbocycles. The lowest BCUT2D eigenvalue weighted by Crippen LogP contribution is -2.12. The highest BCUT2D eigenvalue weighted by Crippen LogP contribution is 2.30. The Kier molecular flexibility index (Phi) is 4.63. The lowest BCUT2D eigenvalue weighted by Gasteiger charge is -2.10. The van der Waals surface area contributed by atoms with Gasteiger partial charge in [-0.2, -0.15) is 16.8 Å². The Hall–Kier alpha value is -2.46. The van der Waals surface area contributed by atoms with Gasteiger partial charge in [-0.15, -0.1) is 0 Å². The van der Waals surface area contributed by atoms with Crippen LogP contribution in [0.2, 0.25) is 0 Å². The van der Waals surface area contributed by atoms with Crippen molar-refractivity contribution in [2.24, 2.45) is 0 Å². The van der Waals surface area contributed by atoms with Crippen molar-refractivity contribution in [3.05, 3.63) is 36.4 Å². The minimum absolute atomic E-state index is 0.00646. The molecule has 0 aliphatic heterocycles. The van der Waals surface area contributed by atoms with Gasteiger partial charge >= 0.3 is 32.2 Å².